The van der Waals surface area contributed by atoms with E-state index >= 15 is 0 Å². The number of nitrogens with one attached hydrogen (secondary N) is 2. The number of hydrogen-bond acceptors (Lipinski definition) is 6. The molecule has 2 aromatic heterocycles. The van der Waals surface area contributed by atoms with E-state index in [1.54, 1.807) is 10.6 Å². The topological polar surface area (TPSA) is 93.1 Å². The van der Waals surface area contributed by atoms with Gasteiger partial charge in [0.15, 0.2) is 5.16 Å². The standard InChI is InChI=1S/C25H29N4O3S3/c1-3-5-11-18(13-26-20(30)14-33)27-21(31)16-35-25-28-23-22(24(32)29(25)12-4-2)19(15-34-23)17-9-7-6-8-10-17/h4,6-10,15,18H,2-3,5,11-14,16H2,1H3,(H,26,30)(H,27,31). The summed E-state index contributed by atoms with van der Waals surface area (Å²) in [5, 5.41) is 8.75. The Hall–Kier alpha value is -2.56. The molecule has 0 saturated heterocycles. The van der Waals surface area contributed by atoms with E-state index in [1.807, 2.05) is 35.7 Å². The Labute approximate surface area is 218 Å². The minimum absolute atomic E-state index is 0.00597. The van der Waals surface area contributed by atoms with E-state index in [4.69, 9.17) is 17.6 Å². The van der Waals surface area contributed by atoms with E-state index in [9.17, 15) is 14.4 Å². The number of rotatable bonds is 13. The highest BCUT2D eigenvalue weighted by Gasteiger charge is 2.19. The van der Waals surface area contributed by atoms with Crippen LogP contribution in [0.15, 0.2) is 58.3 Å². The number of allylic oxidation sites excluding steroid dienone is 1. The second-order valence-electron chi connectivity index (χ2n) is 7.94. The summed E-state index contributed by atoms with van der Waals surface area (Å²) in [4.78, 5) is 43.0. The lowest BCUT2D eigenvalue weighted by atomic mass is 10.1. The quantitative estimate of drug-likeness (QED) is 0.195. The average Bonchev–Trinajstić information content (AvgIpc) is 3.30. The number of carbonyl (C=O) groups is 2. The molecule has 0 spiro atoms. The maximum Gasteiger partial charge on any atom is 0.263 e. The Morgan fingerprint density at radius 3 is 2.74 bits per heavy atom. The van der Waals surface area contributed by atoms with Crippen LogP contribution < -0.4 is 16.2 Å². The number of unbranched alkanes of at least 4 members (excludes halogenated alkanes) is 1. The summed E-state index contributed by atoms with van der Waals surface area (Å²) in [5.74, 6) is -0.307. The van der Waals surface area contributed by atoms with Crippen LogP contribution in [0.1, 0.15) is 26.2 Å². The third-order valence-electron chi connectivity index (χ3n) is 5.34. The van der Waals surface area contributed by atoms with Gasteiger partial charge in [-0.15, -0.1) is 17.9 Å². The first-order valence-corrected chi connectivity index (χ1v) is 13.9. The number of benzene rings is 1. The van der Waals surface area contributed by atoms with Gasteiger partial charge in [-0.1, -0.05) is 80.6 Å². The van der Waals surface area contributed by atoms with Crippen molar-refractivity contribution in [3.63, 3.8) is 0 Å². The molecule has 0 saturated carbocycles. The molecule has 3 rings (SSSR count). The highest BCUT2D eigenvalue weighted by Crippen LogP contribution is 2.32. The molecule has 1 radical (unpaired) electrons. The van der Waals surface area contributed by atoms with Crippen LogP contribution in [0.2, 0.25) is 0 Å². The summed E-state index contributed by atoms with van der Waals surface area (Å²) in [6.07, 6.45) is 4.32. The van der Waals surface area contributed by atoms with Crippen molar-refractivity contribution in [2.45, 2.75) is 43.9 Å². The number of hydrogen-bond donors (Lipinski definition) is 2. The van der Waals surface area contributed by atoms with Crippen LogP contribution in [0.4, 0.5) is 0 Å². The van der Waals surface area contributed by atoms with Crippen molar-refractivity contribution >= 4 is 57.8 Å². The van der Waals surface area contributed by atoms with Gasteiger partial charge in [0.05, 0.1) is 16.9 Å². The lowest BCUT2D eigenvalue weighted by molar-refractivity contribution is -0.121. The van der Waals surface area contributed by atoms with E-state index in [-0.39, 0.29) is 34.9 Å². The van der Waals surface area contributed by atoms with Crippen LogP contribution in [-0.4, -0.2) is 45.5 Å². The predicted octanol–water partition coefficient (Wildman–Crippen LogP) is 4.39. The van der Waals surface area contributed by atoms with E-state index in [1.165, 1.54) is 23.1 Å². The fraction of sp³-hybridized carbons (Fsp3) is 0.360. The second-order valence-corrected chi connectivity index (χ2v) is 10.0. The summed E-state index contributed by atoms with van der Waals surface area (Å²) in [7, 11) is 0. The van der Waals surface area contributed by atoms with Crippen LogP contribution >= 0.6 is 35.7 Å². The third-order valence-corrected chi connectivity index (χ3v) is 7.45. The highest BCUT2D eigenvalue weighted by atomic mass is 32.2. The van der Waals surface area contributed by atoms with Crippen LogP contribution in [0.3, 0.4) is 0 Å². The average molecular weight is 530 g/mol. The Balaban J connectivity index is 1.78. The molecule has 10 heteroatoms. The van der Waals surface area contributed by atoms with Gasteiger partial charge in [-0.2, -0.15) is 0 Å². The fourth-order valence-electron chi connectivity index (χ4n) is 3.60. The maximum absolute atomic E-state index is 13.4. The third kappa shape index (κ3) is 7.22. The van der Waals surface area contributed by atoms with Gasteiger partial charge in [0.1, 0.15) is 4.83 Å². The normalized spacial score (nSPS) is 11.8. The molecule has 35 heavy (non-hydrogen) atoms. The Morgan fingerprint density at radius 1 is 1.29 bits per heavy atom. The molecule has 1 aromatic carbocycles. The van der Waals surface area contributed by atoms with Crippen molar-refractivity contribution in [3.8, 4) is 11.1 Å². The number of carbonyl (C=O) groups excluding carboxylic acids is 2. The summed E-state index contributed by atoms with van der Waals surface area (Å²) >= 11 is 7.40. The Morgan fingerprint density at radius 2 is 2.06 bits per heavy atom. The zero-order valence-electron chi connectivity index (χ0n) is 19.6. The first-order valence-electron chi connectivity index (χ1n) is 11.4. The number of fused-ring (bicyclic) bond motifs is 1. The zero-order valence-corrected chi connectivity index (χ0v) is 22.1. The number of thiophene rings is 1. The predicted molar refractivity (Wildman–Crippen MR) is 147 cm³/mol. The molecule has 0 aliphatic heterocycles. The summed E-state index contributed by atoms with van der Waals surface area (Å²) < 4.78 is 1.56. The number of aromatic nitrogens is 2. The van der Waals surface area contributed by atoms with Crippen molar-refractivity contribution in [3.05, 3.63) is 58.7 Å². The summed E-state index contributed by atoms with van der Waals surface area (Å²) in [6.45, 7) is 6.49. The lowest BCUT2D eigenvalue weighted by Gasteiger charge is -2.19. The maximum atomic E-state index is 13.4. The Kier molecular flexibility index (Phi) is 10.4. The van der Waals surface area contributed by atoms with Gasteiger partial charge >= 0.3 is 0 Å². The molecule has 3 aromatic rings. The molecule has 185 valence electrons. The number of amides is 2. The molecule has 0 fully saturated rings. The minimum atomic E-state index is -0.220. The molecular formula is C25H29N4O3S3. The van der Waals surface area contributed by atoms with Crippen molar-refractivity contribution < 1.29 is 9.59 Å². The second kappa shape index (κ2) is 13.5. The number of nitrogens with zero attached hydrogens (tertiary/aromatic N) is 2. The molecule has 0 aliphatic carbocycles. The molecule has 2 amide bonds. The van der Waals surface area contributed by atoms with Gasteiger partial charge in [0, 0.05) is 30.1 Å². The Bertz CT molecular complexity index is 1220. The zero-order chi connectivity index (χ0) is 25.2. The molecule has 0 bridgehead atoms. The van der Waals surface area contributed by atoms with E-state index in [0.29, 0.717) is 28.5 Å². The minimum Gasteiger partial charge on any atom is -0.353 e. The molecule has 2 heterocycles. The highest BCUT2D eigenvalue weighted by molar-refractivity contribution is 7.99. The summed E-state index contributed by atoms with van der Waals surface area (Å²) in [5.41, 5.74) is 1.67. The van der Waals surface area contributed by atoms with Gasteiger partial charge in [-0.05, 0) is 12.0 Å². The van der Waals surface area contributed by atoms with Crippen molar-refractivity contribution in [1.82, 2.24) is 20.2 Å². The van der Waals surface area contributed by atoms with Gasteiger partial charge in [0.25, 0.3) is 5.56 Å². The van der Waals surface area contributed by atoms with E-state index in [2.05, 4.69) is 24.1 Å². The van der Waals surface area contributed by atoms with Crippen LogP contribution in [-0.2, 0) is 16.1 Å². The van der Waals surface area contributed by atoms with Gasteiger partial charge in [-0.3, -0.25) is 19.0 Å². The van der Waals surface area contributed by atoms with Crippen molar-refractivity contribution in [2.75, 3.05) is 18.1 Å². The van der Waals surface area contributed by atoms with Crippen LogP contribution in [0.5, 0.6) is 0 Å². The molecule has 1 atom stereocenters. The van der Waals surface area contributed by atoms with Gasteiger partial charge in [-0.25, -0.2) is 4.98 Å². The SMILES string of the molecule is C=CCn1c(SCC(=O)NC(CCCC)CNC(=O)C[S])nc2scc(-c3ccccc3)c2c1=O. The van der Waals surface area contributed by atoms with Crippen LogP contribution in [0.25, 0.3) is 21.3 Å². The van der Waals surface area contributed by atoms with E-state index < -0.39 is 0 Å². The van der Waals surface area contributed by atoms with Gasteiger partial charge < -0.3 is 10.6 Å². The molecule has 2 N–H and O–H groups in total. The monoisotopic (exact) mass is 529 g/mol. The number of thioether (sulfide) groups is 1. The van der Waals surface area contributed by atoms with Gasteiger partial charge in [0.2, 0.25) is 11.8 Å². The van der Waals surface area contributed by atoms with Crippen molar-refractivity contribution in [2.24, 2.45) is 0 Å². The van der Waals surface area contributed by atoms with E-state index in [0.717, 1.165) is 30.4 Å². The summed E-state index contributed by atoms with van der Waals surface area (Å²) in [6, 6.07) is 9.58. The lowest BCUT2D eigenvalue weighted by Crippen LogP contribution is -2.44. The van der Waals surface area contributed by atoms with Crippen LogP contribution in [0, 0.1) is 0 Å². The molecule has 0 aliphatic rings. The van der Waals surface area contributed by atoms with Crippen molar-refractivity contribution in [1.29, 1.82) is 0 Å². The largest absolute Gasteiger partial charge is 0.353 e. The fourth-order valence-corrected chi connectivity index (χ4v) is 5.51. The first-order chi connectivity index (χ1) is 17.0. The smallest absolute Gasteiger partial charge is 0.263 e. The molecule has 1 unspecified atom stereocenters. The first kappa shape index (κ1) is 27.0. The molecule has 7 nitrogen and oxygen atoms in total. The molecular weight excluding hydrogens is 501 g/mol.